The molecule has 0 fully saturated rings. The Morgan fingerprint density at radius 1 is 1.60 bits per heavy atom. The topological polar surface area (TPSA) is 0 Å². The second-order valence-corrected chi connectivity index (χ2v) is 4.44. The minimum Gasteiger partial charge on any atom is -0.107 e. The first-order valence-electron chi connectivity index (χ1n) is 1.90. The molecule has 0 aliphatic carbocycles. The van der Waals surface area contributed by atoms with E-state index in [0.29, 0.717) is 0 Å². The fourth-order valence-corrected chi connectivity index (χ4v) is 0. The maximum Gasteiger partial charge on any atom is 0.0546 e. The van der Waals surface area contributed by atoms with Crippen molar-refractivity contribution in [1.82, 2.24) is 0 Å². The second kappa shape index (κ2) is 2.21. The van der Waals surface area contributed by atoms with Gasteiger partial charge in [0, 0.05) is 0 Å². The van der Waals surface area contributed by atoms with E-state index >= 15 is 0 Å². The van der Waals surface area contributed by atoms with Crippen molar-refractivity contribution in [3.8, 4) is 0 Å². The molecule has 0 aromatic heterocycles. The summed E-state index contributed by atoms with van der Waals surface area (Å²) in [6, 6.07) is 0. The first-order valence-corrected chi connectivity index (χ1v) is 4.87. The van der Waals surface area contributed by atoms with Crippen LogP contribution in [0.25, 0.3) is 0 Å². The molecule has 0 N–H and O–H groups in total. The molecule has 0 aromatic carbocycles. The molecule has 0 aromatic rings. The van der Waals surface area contributed by atoms with Gasteiger partial charge in [-0.1, -0.05) is 13.1 Å². The van der Waals surface area contributed by atoms with E-state index in [4.69, 9.17) is 0 Å². The Kier molecular flexibility index (Phi) is 2.19. The lowest BCUT2D eigenvalue weighted by Crippen LogP contribution is -1.89. The van der Waals surface area contributed by atoms with Gasteiger partial charge in [0.2, 0.25) is 0 Å². The van der Waals surface area contributed by atoms with Crippen molar-refractivity contribution in [3.05, 3.63) is 12.3 Å². The van der Waals surface area contributed by atoms with Crippen LogP contribution in [0.3, 0.4) is 0 Å². The lowest BCUT2D eigenvalue weighted by Gasteiger charge is -1.81. The Morgan fingerprint density at radius 3 is 1.80 bits per heavy atom. The third-order valence-corrected chi connectivity index (χ3v) is 1.41. The predicted molar refractivity (Wildman–Crippen MR) is 29.1 cm³/mol. The van der Waals surface area contributed by atoms with Gasteiger partial charge in [-0.3, -0.25) is 0 Å². The van der Waals surface area contributed by atoms with Crippen LogP contribution in [0, 0.1) is 0 Å². The van der Waals surface area contributed by atoms with Gasteiger partial charge in [-0.15, -0.1) is 12.3 Å². The van der Waals surface area contributed by atoms with E-state index < -0.39 is 0 Å². The first kappa shape index (κ1) is 4.96. The van der Waals surface area contributed by atoms with E-state index in [1.807, 2.05) is 0 Å². The fraction of sp³-hybridized carbons (Fsp3) is 0.500. The summed E-state index contributed by atoms with van der Waals surface area (Å²) in [6.45, 7) is 8.11. The predicted octanol–water partition coefficient (Wildman–Crippen LogP) is 1.20. The highest BCUT2D eigenvalue weighted by Crippen LogP contribution is 1.73. The van der Waals surface area contributed by atoms with Gasteiger partial charge in [0.1, 0.15) is 0 Å². The molecule has 30 valence electrons. The minimum absolute atomic E-state index is 0.386. The van der Waals surface area contributed by atoms with Crippen molar-refractivity contribution in [1.29, 1.82) is 0 Å². The van der Waals surface area contributed by atoms with E-state index in [1.54, 1.807) is 0 Å². The van der Waals surface area contributed by atoms with Crippen LogP contribution < -0.4 is 0 Å². The van der Waals surface area contributed by atoms with Gasteiger partial charge in [0.25, 0.3) is 0 Å². The maximum atomic E-state index is 3.62. The van der Waals surface area contributed by atoms with Crippen molar-refractivity contribution in [2.75, 3.05) is 0 Å². The zero-order valence-corrected chi connectivity index (χ0v) is 5.02. The van der Waals surface area contributed by atoms with Crippen LogP contribution in [0.1, 0.15) is 0 Å². The molecule has 0 bridgehead atoms. The van der Waals surface area contributed by atoms with Gasteiger partial charge in [0.15, 0.2) is 0 Å². The van der Waals surface area contributed by atoms with Crippen molar-refractivity contribution in [2.24, 2.45) is 0 Å². The summed E-state index contributed by atoms with van der Waals surface area (Å²) < 4.78 is 0. The highest BCUT2D eigenvalue weighted by Gasteiger charge is 1.77. The van der Waals surface area contributed by atoms with Gasteiger partial charge < -0.3 is 0 Å². The molecule has 0 heterocycles. The molecular formula is C4H10Si. The fourth-order valence-electron chi connectivity index (χ4n) is 0. The van der Waals surface area contributed by atoms with Gasteiger partial charge in [0.05, 0.1) is 8.80 Å². The largest absolute Gasteiger partial charge is 0.107 e. The molecular weight excluding hydrogens is 76.1 g/mol. The molecule has 0 spiro atoms. The van der Waals surface area contributed by atoms with Gasteiger partial charge >= 0.3 is 0 Å². The van der Waals surface area contributed by atoms with E-state index in [-0.39, 0.29) is 8.80 Å². The summed E-state index contributed by atoms with van der Waals surface area (Å²) >= 11 is 0. The molecule has 1 heteroatoms. The average molecular weight is 86.2 g/mol. The van der Waals surface area contributed by atoms with Crippen LogP contribution in [0.2, 0.25) is 13.1 Å². The van der Waals surface area contributed by atoms with Crippen LogP contribution in [-0.2, 0) is 0 Å². The molecule has 0 radical (unpaired) electrons. The average Bonchev–Trinajstić information content (AvgIpc) is 1.38. The smallest absolute Gasteiger partial charge is 0.0546 e. The van der Waals surface area contributed by atoms with Crippen LogP contribution in [0.15, 0.2) is 12.3 Å². The summed E-state index contributed by atoms with van der Waals surface area (Å²) in [5.74, 6) is 0. The zero-order valence-electron chi connectivity index (χ0n) is 3.86. The van der Waals surface area contributed by atoms with E-state index in [2.05, 4.69) is 25.4 Å². The lowest BCUT2D eigenvalue weighted by atomic mass is 11.3. The Morgan fingerprint density at radius 2 is 1.80 bits per heavy atom. The standard InChI is InChI=1S/C4H10Si/c1-4-5(2)3/h4-5H,1H2,2-3H3. The highest BCUT2D eigenvalue weighted by molar-refractivity contribution is 6.61. The summed E-state index contributed by atoms with van der Waals surface area (Å²) in [6.07, 6.45) is 0. The van der Waals surface area contributed by atoms with Crippen LogP contribution >= 0.6 is 0 Å². The Labute approximate surface area is 35.1 Å². The van der Waals surface area contributed by atoms with E-state index in [9.17, 15) is 0 Å². The highest BCUT2D eigenvalue weighted by atomic mass is 28.3. The maximum absolute atomic E-state index is 3.62. The second-order valence-electron chi connectivity index (χ2n) is 1.48. The van der Waals surface area contributed by atoms with Crippen molar-refractivity contribution >= 4 is 8.80 Å². The summed E-state index contributed by atoms with van der Waals surface area (Å²) in [5.41, 5.74) is 2.06. The van der Waals surface area contributed by atoms with E-state index in [1.165, 1.54) is 0 Å². The SMILES string of the molecule is C=C[SiH](C)C. The van der Waals surface area contributed by atoms with Crippen molar-refractivity contribution in [2.45, 2.75) is 13.1 Å². The van der Waals surface area contributed by atoms with E-state index in [0.717, 1.165) is 0 Å². The number of hydrogen-bond acceptors (Lipinski definition) is 0. The lowest BCUT2D eigenvalue weighted by molar-refractivity contribution is 2.00. The molecule has 5 heavy (non-hydrogen) atoms. The van der Waals surface area contributed by atoms with Crippen LogP contribution in [-0.4, -0.2) is 8.80 Å². The number of hydrogen-bond donors (Lipinski definition) is 0. The Hall–Kier alpha value is -0.0431. The molecule has 0 atom stereocenters. The summed E-state index contributed by atoms with van der Waals surface area (Å²) in [5, 5.41) is 0. The normalized spacial score (nSPS) is 8.60. The summed E-state index contributed by atoms with van der Waals surface area (Å²) in [4.78, 5) is 0. The molecule has 0 nitrogen and oxygen atoms in total. The van der Waals surface area contributed by atoms with Crippen LogP contribution in [0.4, 0.5) is 0 Å². The third-order valence-electron chi connectivity index (χ3n) is 0.471. The first-order chi connectivity index (χ1) is 2.27. The van der Waals surface area contributed by atoms with Crippen LogP contribution in [0.5, 0.6) is 0 Å². The zero-order chi connectivity index (χ0) is 4.28. The molecule has 0 aliphatic rings. The quantitative estimate of drug-likeness (QED) is 0.421. The molecule has 0 saturated carbocycles. The molecule has 0 unspecified atom stereocenters. The van der Waals surface area contributed by atoms with Gasteiger partial charge in [-0.25, -0.2) is 0 Å². The molecule has 0 rings (SSSR count). The number of rotatable bonds is 1. The Bertz CT molecular complexity index is 30.6. The summed E-state index contributed by atoms with van der Waals surface area (Å²) in [7, 11) is -0.386. The van der Waals surface area contributed by atoms with Crippen molar-refractivity contribution < 1.29 is 0 Å². The van der Waals surface area contributed by atoms with Gasteiger partial charge in [-0.2, -0.15) is 0 Å². The van der Waals surface area contributed by atoms with Crippen molar-refractivity contribution in [3.63, 3.8) is 0 Å². The third kappa shape index (κ3) is 3.96. The Balaban J connectivity index is 2.83. The van der Waals surface area contributed by atoms with Gasteiger partial charge in [-0.05, 0) is 0 Å². The molecule has 0 saturated heterocycles. The molecule has 0 aliphatic heterocycles. The monoisotopic (exact) mass is 86.1 g/mol. The minimum atomic E-state index is -0.386. The molecule has 0 amide bonds.